The van der Waals surface area contributed by atoms with Crippen LogP contribution in [0.15, 0.2) is 42.6 Å². The summed E-state index contributed by atoms with van der Waals surface area (Å²) >= 11 is 0. The van der Waals surface area contributed by atoms with E-state index in [9.17, 15) is 22.8 Å². The Morgan fingerprint density at radius 1 is 0.971 bits per heavy atom. The smallest absolute Gasteiger partial charge is 0.342 e. The Morgan fingerprint density at radius 3 is 2.35 bits per heavy atom. The molecule has 34 heavy (non-hydrogen) atoms. The summed E-state index contributed by atoms with van der Waals surface area (Å²) in [5, 5.41) is 0. The van der Waals surface area contributed by atoms with E-state index in [0.717, 1.165) is 29.9 Å². The predicted octanol–water partition coefficient (Wildman–Crippen LogP) is 3.85. The van der Waals surface area contributed by atoms with Crippen LogP contribution in [-0.2, 0) is 11.0 Å². The molecule has 1 unspecified atom stereocenters. The molecule has 178 valence electrons. The number of aromatic nitrogens is 3. The molecule has 2 aliphatic rings. The van der Waals surface area contributed by atoms with Crippen LogP contribution in [0.25, 0.3) is 11.2 Å². The Bertz CT molecular complexity index is 1170. The third kappa shape index (κ3) is 4.36. The van der Waals surface area contributed by atoms with Crippen LogP contribution in [0.4, 0.5) is 13.2 Å². The molecule has 10 heteroatoms. The number of nitrogens with one attached hydrogen (secondary N) is 1. The number of H-pyrrole nitrogens is 1. The lowest BCUT2D eigenvalue weighted by molar-refractivity contribution is -0.137. The number of benzene rings is 1. The zero-order valence-electron chi connectivity index (χ0n) is 18.4. The second-order valence-electron chi connectivity index (χ2n) is 8.91. The van der Waals surface area contributed by atoms with E-state index >= 15 is 0 Å². The number of hydrogen-bond donors (Lipinski definition) is 1. The van der Waals surface area contributed by atoms with Crippen molar-refractivity contribution in [2.75, 3.05) is 26.2 Å². The Kier molecular flexibility index (Phi) is 5.75. The molecule has 1 aromatic carbocycles. The molecule has 1 atom stereocenters. The minimum absolute atomic E-state index is 0.0957. The minimum Gasteiger partial charge on any atom is -0.342 e. The van der Waals surface area contributed by atoms with Gasteiger partial charge in [0.05, 0.1) is 11.1 Å². The van der Waals surface area contributed by atoms with Crippen LogP contribution >= 0.6 is 0 Å². The van der Waals surface area contributed by atoms with Crippen molar-refractivity contribution in [3.8, 4) is 0 Å². The first-order valence-corrected chi connectivity index (χ1v) is 11.4. The third-order valence-corrected chi connectivity index (χ3v) is 6.75. The number of fused-ring (bicyclic) bond motifs is 1. The van der Waals surface area contributed by atoms with Crippen molar-refractivity contribution in [1.29, 1.82) is 0 Å². The van der Waals surface area contributed by atoms with Crippen molar-refractivity contribution in [2.45, 2.75) is 31.4 Å². The molecule has 0 aliphatic carbocycles. The lowest BCUT2D eigenvalue weighted by Gasteiger charge is -2.33. The third-order valence-electron chi connectivity index (χ3n) is 6.75. The number of piperidine rings is 1. The highest BCUT2D eigenvalue weighted by molar-refractivity contribution is 5.94. The maximum Gasteiger partial charge on any atom is 0.416 e. The molecule has 7 nitrogen and oxygen atoms in total. The van der Waals surface area contributed by atoms with E-state index < -0.39 is 11.7 Å². The molecule has 0 radical (unpaired) electrons. The first-order valence-electron chi connectivity index (χ1n) is 11.4. The Labute approximate surface area is 194 Å². The lowest BCUT2D eigenvalue weighted by atomic mass is 9.94. The number of alkyl halides is 3. The molecule has 0 spiro atoms. The van der Waals surface area contributed by atoms with E-state index in [1.807, 2.05) is 17.0 Å². The summed E-state index contributed by atoms with van der Waals surface area (Å²) < 4.78 is 38.3. The van der Waals surface area contributed by atoms with Gasteiger partial charge in [0.15, 0.2) is 5.65 Å². The van der Waals surface area contributed by atoms with Gasteiger partial charge in [-0.05, 0) is 55.7 Å². The Balaban J connectivity index is 1.15. The number of aromatic amines is 1. The molecule has 4 heterocycles. The van der Waals surface area contributed by atoms with Gasteiger partial charge in [-0.15, -0.1) is 0 Å². The highest BCUT2D eigenvalue weighted by Crippen LogP contribution is 2.31. The molecule has 2 aromatic heterocycles. The number of hydrogen-bond acceptors (Lipinski definition) is 4. The molecule has 2 saturated heterocycles. The molecule has 2 amide bonds. The zero-order chi connectivity index (χ0) is 23.9. The number of halogens is 3. The highest BCUT2D eigenvalue weighted by Gasteiger charge is 2.35. The monoisotopic (exact) mass is 471 g/mol. The molecule has 1 N–H and O–H groups in total. The van der Waals surface area contributed by atoms with E-state index in [0.29, 0.717) is 44.7 Å². The number of amides is 2. The topological polar surface area (TPSA) is 82.2 Å². The molecular weight excluding hydrogens is 447 g/mol. The van der Waals surface area contributed by atoms with Gasteiger partial charge < -0.3 is 14.8 Å². The summed E-state index contributed by atoms with van der Waals surface area (Å²) in [6.07, 6.45) is -0.819. The second-order valence-corrected chi connectivity index (χ2v) is 8.91. The van der Waals surface area contributed by atoms with Crippen molar-refractivity contribution in [3.63, 3.8) is 0 Å². The van der Waals surface area contributed by atoms with Crippen LogP contribution in [0.1, 0.15) is 46.9 Å². The van der Waals surface area contributed by atoms with Crippen LogP contribution < -0.4 is 0 Å². The fourth-order valence-electron chi connectivity index (χ4n) is 4.81. The number of pyridine rings is 1. The van der Waals surface area contributed by atoms with Gasteiger partial charge in [0.25, 0.3) is 5.91 Å². The molecule has 0 bridgehead atoms. The van der Waals surface area contributed by atoms with Gasteiger partial charge in [-0.1, -0.05) is 0 Å². The summed E-state index contributed by atoms with van der Waals surface area (Å²) in [6, 6.07) is 8.04. The van der Waals surface area contributed by atoms with Crippen molar-refractivity contribution in [2.24, 2.45) is 5.92 Å². The van der Waals surface area contributed by atoms with Crippen LogP contribution in [0.3, 0.4) is 0 Å². The maximum absolute atomic E-state index is 13.1. The van der Waals surface area contributed by atoms with Crippen molar-refractivity contribution in [3.05, 3.63) is 59.5 Å². The van der Waals surface area contributed by atoms with Gasteiger partial charge in [-0.2, -0.15) is 13.2 Å². The van der Waals surface area contributed by atoms with E-state index in [1.54, 1.807) is 11.1 Å². The normalized spacial score (nSPS) is 19.7. The Hall–Kier alpha value is -3.43. The minimum atomic E-state index is -4.43. The van der Waals surface area contributed by atoms with E-state index in [4.69, 9.17) is 0 Å². The number of rotatable bonds is 3. The fourth-order valence-corrected chi connectivity index (χ4v) is 4.81. The van der Waals surface area contributed by atoms with Crippen molar-refractivity contribution in [1.82, 2.24) is 24.8 Å². The number of carbonyl (C=O) groups excluding carboxylic acids is 2. The summed E-state index contributed by atoms with van der Waals surface area (Å²) in [4.78, 5) is 41.4. The van der Waals surface area contributed by atoms with Gasteiger partial charge in [0.1, 0.15) is 5.82 Å². The fraction of sp³-hybridized carbons (Fsp3) is 0.417. The zero-order valence-corrected chi connectivity index (χ0v) is 18.4. The first-order chi connectivity index (χ1) is 16.3. The van der Waals surface area contributed by atoms with Gasteiger partial charge in [-0.25, -0.2) is 9.97 Å². The number of carbonyl (C=O) groups is 2. The molecule has 3 aromatic rings. The maximum atomic E-state index is 13.1. The number of likely N-dealkylation sites (tertiary alicyclic amines) is 2. The molecule has 5 rings (SSSR count). The lowest BCUT2D eigenvalue weighted by Crippen LogP contribution is -2.44. The number of nitrogens with zero attached hydrogens (tertiary/aromatic N) is 4. The van der Waals surface area contributed by atoms with Crippen LogP contribution in [0.5, 0.6) is 0 Å². The largest absolute Gasteiger partial charge is 0.416 e. The van der Waals surface area contributed by atoms with Gasteiger partial charge in [0, 0.05) is 49.8 Å². The van der Waals surface area contributed by atoms with Gasteiger partial charge >= 0.3 is 6.18 Å². The van der Waals surface area contributed by atoms with E-state index in [-0.39, 0.29) is 29.2 Å². The van der Waals surface area contributed by atoms with Crippen LogP contribution in [-0.4, -0.2) is 62.7 Å². The van der Waals surface area contributed by atoms with Gasteiger partial charge in [-0.3, -0.25) is 9.59 Å². The van der Waals surface area contributed by atoms with Crippen molar-refractivity contribution < 1.29 is 22.8 Å². The average molecular weight is 471 g/mol. The molecular formula is C24H24F3N5O2. The van der Waals surface area contributed by atoms with Gasteiger partial charge in [0.2, 0.25) is 5.91 Å². The second kappa shape index (κ2) is 8.73. The average Bonchev–Trinajstić information content (AvgIpc) is 3.50. The summed E-state index contributed by atoms with van der Waals surface area (Å²) in [5.41, 5.74) is 0.997. The van der Waals surface area contributed by atoms with Crippen LogP contribution in [0, 0.1) is 5.92 Å². The summed E-state index contributed by atoms with van der Waals surface area (Å²) in [5.74, 6) is 0.617. The molecule has 0 saturated carbocycles. The molecule has 2 fully saturated rings. The van der Waals surface area contributed by atoms with E-state index in [1.165, 1.54) is 12.1 Å². The predicted molar refractivity (Wildman–Crippen MR) is 118 cm³/mol. The molecule has 2 aliphatic heterocycles. The summed E-state index contributed by atoms with van der Waals surface area (Å²) in [7, 11) is 0. The standard InChI is InChI=1S/C24H24F3N5O2/c25-24(26,27)18-5-3-15(4-6-18)22(33)31-11-7-16(8-12-31)23(34)32-13-9-17(14-32)20-29-19-2-1-10-28-21(19)30-20/h1-6,10,16-17H,7-9,11-14H2,(H,28,29,30). The van der Waals surface area contributed by atoms with Crippen molar-refractivity contribution >= 4 is 23.0 Å². The SMILES string of the molecule is O=C(c1ccc(C(F)(F)F)cc1)N1CCC(C(=O)N2CCC(c3nc4ncccc4[nH]3)C2)CC1. The highest BCUT2D eigenvalue weighted by atomic mass is 19.4. The number of imidazole rings is 1. The first kappa shape index (κ1) is 22.4. The van der Waals surface area contributed by atoms with Crippen LogP contribution in [0.2, 0.25) is 0 Å². The quantitative estimate of drug-likeness (QED) is 0.629. The van der Waals surface area contributed by atoms with E-state index in [2.05, 4.69) is 15.0 Å². The summed E-state index contributed by atoms with van der Waals surface area (Å²) in [6.45, 7) is 2.08. The Morgan fingerprint density at radius 2 is 1.68 bits per heavy atom.